The molecule has 0 spiro atoms. The van der Waals surface area contributed by atoms with E-state index in [0.717, 1.165) is 29.7 Å². The van der Waals surface area contributed by atoms with Gasteiger partial charge in [-0.25, -0.2) is 14.4 Å². The number of rotatable bonds is 2. The third-order valence-corrected chi connectivity index (χ3v) is 6.78. The number of anilines is 1. The van der Waals surface area contributed by atoms with Gasteiger partial charge in [-0.2, -0.15) is 0 Å². The van der Waals surface area contributed by atoms with Gasteiger partial charge < -0.3 is 10.0 Å². The molecule has 1 saturated carbocycles. The molecule has 31 heavy (non-hydrogen) atoms. The van der Waals surface area contributed by atoms with Crippen LogP contribution in [0.1, 0.15) is 25.1 Å². The monoisotopic (exact) mass is 414 g/mol. The highest BCUT2D eigenvalue weighted by Gasteiger charge is 2.34. The van der Waals surface area contributed by atoms with Crippen molar-refractivity contribution in [2.45, 2.75) is 26.2 Å². The fourth-order valence-electron chi connectivity index (χ4n) is 5.45. The number of aryl methyl sites for hydroxylation is 1. The molecule has 1 aliphatic carbocycles. The topological polar surface area (TPSA) is 62.1 Å². The van der Waals surface area contributed by atoms with Crippen LogP contribution in [0.3, 0.4) is 0 Å². The van der Waals surface area contributed by atoms with Crippen LogP contribution in [-0.2, 0) is 0 Å². The van der Waals surface area contributed by atoms with Crippen molar-refractivity contribution in [2.24, 2.45) is 11.8 Å². The van der Waals surface area contributed by atoms with Crippen molar-refractivity contribution >= 4 is 27.5 Å². The number of nitrogens with zero attached hydrogens (tertiary/aromatic N) is 4. The molecule has 1 aliphatic heterocycles. The van der Waals surface area contributed by atoms with E-state index in [-0.39, 0.29) is 17.0 Å². The SMILES string of the molecule is Cc1nc(N2CC3CCC(C3)C2)c2cnc(-c3cc(O)cc4ccccc34)c(F)c2n1. The largest absolute Gasteiger partial charge is 0.508 e. The fourth-order valence-corrected chi connectivity index (χ4v) is 5.45. The van der Waals surface area contributed by atoms with Crippen molar-refractivity contribution in [1.29, 1.82) is 0 Å². The Morgan fingerprint density at radius 1 is 1.03 bits per heavy atom. The number of phenolic OH excluding ortho intramolecular Hbond substituents is 1. The molecule has 4 aromatic rings. The number of aromatic nitrogens is 3. The van der Waals surface area contributed by atoms with Crippen molar-refractivity contribution in [3.8, 4) is 17.0 Å². The van der Waals surface area contributed by atoms with Gasteiger partial charge in [-0.3, -0.25) is 4.98 Å². The number of aromatic hydroxyl groups is 1. The van der Waals surface area contributed by atoms with Gasteiger partial charge in [0.05, 0.1) is 5.39 Å². The maximum absolute atomic E-state index is 15.9. The molecule has 2 aromatic heterocycles. The van der Waals surface area contributed by atoms with Gasteiger partial charge in [0.2, 0.25) is 0 Å². The van der Waals surface area contributed by atoms with E-state index in [2.05, 4.69) is 14.9 Å². The van der Waals surface area contributed by atoms with Crippen molar-refractivity contribution in [3.05, 3.63) is 54.2 Å². The average Bonchev–Trinajstić information content (AvgIpc) is 3.11. The lowest BCUT2D eigenvalue weighted by Crippen LogP contribution is -2.37. The maximum atomic E-state index is 15.9. The van der Waals surface area contributed by atoms with E-state index >= 15 is 4.39 Å². The number of halogens is 1. The number of pyridine rings is 1. The lowest BCUT2D eigenvalue weighted by molar-refractivity contribution is 0.419. The van der Waals surface area contributed by atoms with Crippen LogP contribution in [0.2, 0.25) is 0 Å². The molecule has 0 radical (unpaired) electrons. The van der Waals surface area contributed by atoms with Gasteiger partial charge in [0, 0.05) is 24.8 Å². The summed E-state index contributed by atoms with van der Waals surface area (Å²) in [6, 6.07) is 10.8. The molecule has 2 fully saturated rings. The third kappa shape index (κ3) is 3.00. The quantitative estimate of drug-likeness (QED) is 0.486. The van der Waals surface area contributed by atoms with Crippen molar-refractivity contribution < 1.29 is 9.50 Å². The summed E-state index contributed by atoms with van der Waals surface area (Å²) in [6.07, 6.45) is 5.52. The standard InChI is InChI=1S/C25H23FN4O/c1-14-28-24-21(25(29-14)30-12-15-6-7-16(8-15)13-30)11-27-23(22(24)26)20-10-18(31)9-17-4-2-3-5-19(17)20/h2-5,9-11,15-16,31H,6-8,12-13H2,1H3. The molecule has 0 amide bonds. The lowest BCUT2D eigenvalue weighted by Gasteiger charge is -2.33. The number of phenols is 1. The Balaban J connectivity index is 1.54. The minimum Gasteiger partial charge on any atom is -0.508 e. The Hall–Kier alpha value is -3.28. The summed E-state index contributed by atoms with van der Waals surface area (Å²) in [5, 5.41) is 12.5. The smallest absolute Gasteiger partial charge is 0.175 e. The second-order valence-electron chi connectivity index (χ2n) is 8.94. The van der Waals surface area contributed by atoms with Crippen molar-refractivity contribution in [1.82, 2.24) is 15.0 Å². The Morgan fingerprint density at radius 2 is 1.81 bits per heavy atom. The molecular weight excluding hydrogens is 391 g/mol. The summed E-state index contributed by atoms with van der Waals surface area (Å²) in [5.41, 5.74) is 1.05. The summed E-state index contributed by atoms with van der Waals surface area (Å²) in [7, 11) is 0. The van der Waals surface area contributed by atoms with Gasteiger partial charge in [-0.1, -0.05) is 24.3 Å². The highest BCUT2D eigenvalue weighted by atomic mass is 19.1. The number of fused-ring (bicyclic) bond motifs is 4. The fraction of sp³-hybridized carbons (Fsp3) is 0.320. The highest BCUT2D eigenvalue weighted by Crippen LogP contribution is 2.40. The predicted molar refractivity (Wildman–Crippen MR) is 120 cm³/mol. The normalized spacial score (nSPS) is 20.6. The number of benzene rings is 2. The molecule has 2 aliphatic rings. The maximum Gasteiger partial charge on any atom is 0.175 e. The van der Waals surface area contributed by atoms with Crippen molar-refractivity contribution in [2.75, 3.05) is 18.0 Å². The van der Waals surface area contributed by atoms with Gasteiger partial charge in [-0.05, 0) is 60.9 Å². The zero-order chi connectivity index (χ0) is 21.1. The van der Waals surface area contributed by atoms with Crippen LogP contribution in [0.15, 0.2) is 42.6 Å². The Bertz CT molecular complexity index is 1330. The lowest BCUT2D eigenvalue weighted by atomic mass is 9.98. The number of piperidine rings is 1. The van der Waals surface area contributed by atoms with Gasteiger partial charge in [0.25, 0.3) is 0 Å². The molecule has 1 saturated heterocycles. The summed E-state index contributed by atoms with van der Waals surface area (Å²) in [6.45, 7) is 3.73. The highest BCUT2D eigenvalue weighted by molar-refractivity contribution is 5.99. The molecule has 2 unspecified atom stereocenters. The molecular formula is C25H23FN4O. The molecule has 1 N–H and O–H groups in total. The van der Waals surface area contributed by atoms with Gasteiger partial charge >= 0.3 is 0 Å². The van der Waals surface area contributed by atoms with Gasteiger partial charge in [0.1, 0.15) is 28.6 Å². The van der Waals surface area contributed by atoms with E-state index in [1.54, 1.807) is 18.3 Å². The minimum absolute atomic E-state index is 0.0818. The molecule has 3 heterocycles. The minimum atomic E-state index is -0.472. The average molecular weight is 414 g/mol. The first-order valence-electron chi connectivity index (χ1n) is 10.9. The first-order chi connectivity index (χ1) is 15.1. The second kappa shape index (κ2) is 6.87. The van der Waals surface area contributed by atoms with E-state index in [9.17, 15) is 5.11 Å². The first kappa shape index (κ1) is 18.5. The van der Waals surface area contributed by atoms with Crippen LogP contribution in [0.25, 0.3) is 32.9 Å². The Morgan fingerprint density at radius 3 is 2.61 bits per heavy atom. The second-order valence-corrected chi connectivity index (χ2v) is 8.94. The summed E-state index contributed by atoms with van der Waals surface area (Å²) in [5.74, 6) is 2.34. The summed E-state index contributed by atoms with van der Waals surface area (Å²) >= 11 is 0. The predicted octanol–water partition coefficient (Wildman–Crippen LogP) is 5.23. The van der Waals surface area contributed by atoms with Crippen LogP contribution in [-0.4, -0.2) is 33.1 Å². The van der Waals surface area contributed by atoms with Crippen LogP contribution in [0.4, 0.5) is 10.2 Å². The molecule has 6 heteroatoms. The number of hydrogen-bond donors (Lipinski definition) is 1. The van der Waals surface area contributed by atoms with Crippen LogP contribution >= 0.6 is 0 Å². The van der Waals surface area contributed by atoms with E-state index in [0.29, 0.717) is 28.6 Å². The van der Waals surface area contributed by atoms with E-state index < -0.39 is 5.82 Å². The molecule has 2 bridgehead atoms. The Labute approximate surface area is 179 Å². The summed E-state index contributed by atoms with van der Waals surface area (Å²) < 4.78 is 15.9. The third-order valence-electron chi connectivity index (χ3n) is 6.78. The molecule has 6 rings (SSSR count). The van der Waals surface area contributed by atoms with Gasteiger partial charge in [0.15, 0.2) is 5.82 Å². The van der Waals surface area contributed by atoms with E-state index in [1.807, 2.05) is 31.2 Å². The van der Waals surface area contributed by atoms with Gasteiger partial charge in [-0.15, -0.1) is 0 Å². The summed E-state index contributed by atoms with van der Waals surface area (Å²) in [4.78, 5) is 16.0. The first-order valence-corrected chi connectivity index (χ1v) is 10.9. The van der Waals surface area contributed by atoms with Crippen LogP contribution < -0.4 is 4.90 Å². The van der Waals surface area contributed by atoms with Crippen LogP contribution in [0.5, 0.6) is 5.75 Å². The zero-order valence-electron chi connectivity index (χ0n) is 17.3. The molecule has 2 atom stereocenters. The zero-order valence-corrected chi connectivity index (χ0v) is 17.3. The van der Waals surface area contributed by atoms with E-state index in [1.165, 1.54) is 19.3 Å². The van der Waals surface area contributed by atoms with Crippen LogP contribution in [0, 0.1) is 24.6 Å². The van der Waals surface area contributed by atoms with E-state index in [4.69, 9.17) is 4.98 Å². The van der Waals surface area contributed by atoms with Crippen molar-refractivity contribution in [3.63, 3.8) is 0 Å². The Kier molecular flexibility index (Phi) is 4.10. The molecule has 156 valence electrons. The molecule has 5 nitrogen and oxygen atoms in total. The number of hydrogen-bond acceptors (Lipinski definition) is 5. The molecule has 2 aromatic carbocycles.